The summed E-state index contributed by atoms with van der Waals surface area (Å²) >= 11 is 1.47. The Morgan fingerprint density at radius 1 is 1.41 bits per heavy atom. The molecule has 0 unspecified atom stereocenters. The largest absolute Gasteiger partial charge is 0.296 e. The molecule has 0 saturated heterocycles. The van der Waals surface area contributed by atoms with Gasteiger partial charge in [0, 0.05) is 5.38 Å². The SMILES string of the molecule is Cc1nc(-c2csc3nc(C)c(C=O)n23)n[nH]1. The predicted octanol–water partition coefficient (Wildman–Crippen LogP) is 1.61. The molecule has 3 heterocycles. The number of fused-ring (bicyclic) bond motifs is 1. The topological polar surface area (TPSA) is 75.9 Å². The molecular formula is C10H9N5OS. The van der Waals surface area contributed by atoms with E-state index in [-0.39, 0.29) is 0 Å². The van der Waals surface area contributed by atoms with Gasteiger partial charge in [-0.3, -0.25) is 14.3 Å². The molecule has 3 rings (SSSR count). The molecule has 0 aliphatic rings. The number of imidazole rings is 1. The molecule has 7 heteroatoms. The van der Waals surface area contributed by atoms with Crippen LogP contribution in [0.25, 0.3) is 16.5 Å². The van der Waals surface area contributed by atoms with E-state index in [4.69, 9.17) is 0 Å². The third kappa shape index (κ3) is 1.39. The van der Waals surface area contributed by atoms with Gasteiger partial charge in [-0.05, 0) is 13.8 Å². The van der Waals surface area contributed by atoms with E-state index in [1.807, 2.05) is 19.2 Å². The average molecular weight is 247 g/mol. The van der Waals surface area contributed by atoms with Gasteiger partial charge in [0.1, 0.15) is 17.2 Å². The number of carbonyl (C=O) groups is 1. The molecule has 17 heavy (non-hydrogen) atoms. The molecule has 0 saturated carbocycles. The molecule has 0 spiro atoms. The number of aldehydes is 1. The summed E-state index contributed by atoms with van der Waals surface area (Å²) in [5.41, 5.74) is 2.07. The Hall–Kier alpha value is -2.02. The third-order valence-electron chi connectivity index (χ3n) is 2.52. The zero-order chi connectivity index (χ0) is 12.0. The number of thiazole rings is 1. The number of hydrogen-bond acceptors (Lipinski definition) is 5. The zero-order valence-electron chi connectivity index (χ0n) is 9.26. The highest BCUT2D eigenvalue weighted by Gasteiger charge is 2.16. The lowest BCUT2D eigenvalue weighted by Gasteiger charge is -1.95. The maximum Gasteiger partial charge on any atom is 0.199 e. The first-order valence-corrected chi connectivity index (χ1v) is 5.89. The van der Waals surface area contributed by atoms with Crippen LogP contribution in [0.1, 0.15) is 22.0 Å². The minimum Gasteiger partial charge on any atom is -0.296 e. The quantitative estimate of drug-likeness (QED) is 0.698. The lowest BCUT2D eigenvalue weighted by atomic mass is 10.3. The Bertz CT molecular complexity index is 707. The van der Waals surface area contributed by atoms with Crippen molar-refractivity contribution in [2.45, 2.75) is 13.8 Å². The molecule has 0 aliphatic carbocycles. The maximum absolute atomic E-state index is 11.1. The van der Waals surface area contributed by atoms with Crippen LogP contribution in [0.4, 0.5) is 0 Å². The predicted molar refractivity (Wildman–Crippen MR) is 63.3 cm³/mol. The molecule has 3 aromatic heterocycles. The summed E-state index contributed by atoms with van der Waals surface area (Å²) in [5, 5.41) is 8.79. The van der Waals surface area contributed by atoms with Crippen LogP contribution in [0.15, 0.2) is 5.38 Å². The molecule has 0 bridgehead atoms. The summed E-state index contributed by atoms with van der Waals surface area (Å²) in [6.07, 6.45) is 0.811. The number of aromatic nitrogens is 5. The number of hydrogen-bond donors (Lipinski definition) is 1. The van der Waals surface area contributed by atoms with Crippen molar-refractivity contribution in [2.24, 2.45) is 0 Å². The first-order valence-electron chi connectivity index (χ1n) is 5.02. The van der Waals surface area contributed by atoms with Crippen molar-refractivity contribution >= 4 is 22.6 Å². The van der Waals surface area contributed by atoms with E-state index in [0.29, 0.717) is 11.5 Å². The van der Waals surface area contributed by atoms with Crippen LogP contribution in [0, 0.1) is 13.8 Å². The Kier molecular flexibility index (Phi) is 2.08. The second-order valence-corrected chi connectivity index (χ2v) is 4.52. The molecule has 0 aromatic carbocycles. The van der Waals surface area contributed by atoms with E-state index in [0.717, 1.165) is 28.5 Å². The van der Waals surface area contributed by atoms with Crippen molar-refractivity contribution in [3.05, 3.63) is 22.6 Å². The standard InChI is InChI=1S/C10H9N5OS/c1-5-7(3-16)15-8(4-17-10(15)11-5)9-12-6(2)13-14-9/h3-4H,1-2H3,(H,12,13,14). The molecule has 3 aromatic rings. The van der Waals surface area contributed by atoms with E-state index in [1.54, 1.807) is 4.40 Å². The van der Waals surface area contributed by atoms with Gasteiger partial charge in [0.25, 0.3) is 0 Å². The normalized spacial score (nSPS) is 11.2. The second-order valence-electron chi connectivity index (χ2n) is 3.68. The average Bonchev–Trinajstić information content (AvgIpc) is 2.93. The summed E-state index contributed by atoms with van der Waals surface area (Å²) in [5.74, 6) is 1.32. The number of H-pyrrole nitrogens is 1. The van der Waals surface area contributed by atoms with Gasteiger partial charge in [-0.25, -0.2) is 9.97 Å². The van der Waals surface area contributed by atoms with Crippen molar-refractivity contribution in [3.8, 4) is 11.5 Å². The molecule has 0 amide bonds. The summed E-state index contributed by atoms with van der Waals surface area (Å²) in [7, 11) is 0. The van der Waals surface area contributed by atoms with Crippen molar-refractivity contribution in [1.82, 2.24) is 24.6 Å². The van der Waals surface area contributed by atoms with Crippen molar-refractivity contribution in [3.63, 3.8) is 0 Å². The van der Waals surface area contributed by atoms with Gasteiger partial charge in [-0.2, -0.15) is 5.10 Å². The van der Waals surface area contributed by atoms with Crippen LogP contribution in [0.2, 0.25) is 0 Å². The maximum atomic E-state index is 11.1. The third-order valence-corrected chi connectivity index (χ3v) is 3.35. The molecule has 0 radical (unpaired) electrons. The molecule has 6 nitrogen and oxygen atoms in total. The number of carbonyl (C=O) groups excluding carboxylic acids is 1. The number of rotatable bonds is 2. The Morgan fingerprint density at radius 3 is 2.88 bits per heavy atom. The summed E-state index contributed by atoms with van der Waals surface area (Å²) in [4.78, 5) is 20.4. The van der Waals surface area contributed by atoms with E-state index in [1.165, 1.54) is 11.3 Å². The highest BCUT2D eigenvalue weighted by atomic mass is 32.1. The minimum atomic E-state index is 0.554. The fourth-order valence-electron chi connectivity index (χ4n) is 1.74. The van der Waals surface area contributed by atoms with Crippen LogP contribution in [0.5, 0.6) is 0 Å². The van der Waals surface area contributed by atoms with Crippen molar-refractivity contribution in [2.75, 3.05) is 0 Å². The summed E-state index contributed by atoms with van der Waals surface area (Å²) in [6, 6.07) is 0. The molecule has 1 N–H and O–H groups in total. The van der Waals surface area contributed by atoms with Crippen LogP contribution < -0.4 is 0 Å². The van der Waals surface area contributed by atoms with Gasteiger partial charge in [0.05, 0.1) is 5.69 Å². The number of aryl methyl sites for hydroxylation is 2. The van der Waals surface area contributed by atoms with Crippen LogP contribution in [-0.2, 0) is 0 Å². The minimum absolute atomic E-state index is 0.554. The van der Waals surface area contributed by atoms with Crippen LogP contribution in [0.3, 0.4) is 0 Å². The summed E-state index contributed by atoms with van der Waals surface area (Å²) < 4.78 is 1.79. The van der Waals surface area contributed by atoms with Gasteiger partial charge in [-0.1, -0.05) is 0 Å². The van der Waals surface area contributed by atoms with Crippen LogP contribution >= 0.6 is 11.3 Å². The van der Waals surface area contributed by atoms with Gasteiger partial charge in [0.2, 0.25) is 0 Å². The fourth-order valence-corrected chi connectivity index (χ4v) is 2.66. The van der Waals surface area contributed by atoms with E-state index in [9.17, 15) is 4.79 Å². The van der Waals surface area contributed by atoms with Crippen molar-refractivity contribution < 1.29 is 4.79 Å². The molecule has 86 valence electrons. The van der Waals surface area contributed by atoms with Crippen LogP contribution in [-0.4, -0.2) is 30.9 Å². The van der Waals surface area contributed by atoms with Gasteiger partial charge in [-0.15, -0.1) is 11.3 Å². The van der Waals surface area contributed by atoms with E-state index >= 15 is 0 Å². The number of aromatic amines is 1. The molecule has 0 aliphatic heterocycles. The fraction of sp³-hybridized carbons (Fsp3) is 0.200. The van der Waals surface area contributed by atoms with Gasteiger partial charge < -0.3 is 0 Å². The smallest absolute Gasteiger partial charge is 0.199 e. The lowest BCUT2D eigenvalue weighted by molar-refractivity contribution is 0.111. The number of nitrogens with zero attached hydrogens (tertiary/aromatic N) is 4. The molecule has 0 atom stereocenters. The van der Waals surface area contributed by atoms with Gasteiger partial charge >= 0.3 is 0 Å². The summed E-state index contributed by atoms with van der Waals surface area (Å²) in [6.45, 7) is 3.65. The monoisotopic (exact) mass is 247 g/mol. The number of nitrogens with one attached hydrogen (secondary N) is 1. The highest BCUT2D eigenvalue weighted by Crippen LogP contribution is 2.25. The highest BCUT2D eigenvalue weighted by molar-refractivity contribution is 7.15. The second kappa shape index (κ2) is 3.49. The zero-order valence-corrected chi connectivity index (χ0v) is 10.1. The molecule has 0 fully saturated rings. The Labute approximate surface area is 100 Å². The Morgan fingerprint density at radius 2 is 2.24 bits per heavy atom. The van der Waals surface area contributed by atoms with E-state index in [2.05, 4.69) is 20.2 Å². The van der Waals surface area contributed by atoms with E-state index < -0.39 is 0 Å². The molecular weight excluding hydrogens is 238 g/mol. The Balaban J connectivity index is 2.33. The first kappa shape index (κ1) is 10.2. The van der Waals surface area contributed by atoms with Crippen molar-refractivity contribution in [1.29, 1.82) is 0 Å². The lowest BCUT2D eigenvalue weighted by Crippen LogP contribution is -1.94. The first-order chi connectivity index (χ1) is 8.20. The van der Waals surface area contributed by atoms with Gasteiger partial charge in [0.15, 0.2) is 17.1 Å².